The van der Waals surface area contributed by atoms with Crippen LogP contribution in [0.25, 0.3) is 10.9 Å². The van der Waals surface area contributed by atoms with E-state index in [1.807, 2.05) is 11.8 Å². The molecule has 3 heterocycles. The van der Waals surface area contributed by atoms with Gasteiger partial charge in [-0.15, -0.1) is 0 Å². The van der Waals surface area contributed by atoms with Crippen molar-refractivity contribution in [3.8, 4) is 0 Å². The van der Waals surface area contributed by atoms with Crippen molar-refractivity contribution in [3.63, 3.8) is 0 Å². The highest BCUT2D eigenvalue weighted by molar-refractivity contribution is 6.06. The molecule has 2 bridgehead atoms. The number of nitrogens with zero attached hydrogens (tertiary/aromatic N) is 3. The van der Waals surface area contributed by atoms with Gasteiger partial charge in [0.15, 0.2) is 11.6 Å². The molecule has 1 aromatic heterocycles. The molecule has 1 aromatic carbocycles. The Labute approximate surface area is 218 Å². The van der Waals surface area contributed by atoms with Crippen LogP contribution in [0, 0.1) is 5.41 Å². The molecule has 2 aliphatic heterocycles. The van der Waals surface area contributed by atoms with Crippen LogP contribution in [0.1, 0.15) is 92.7 Å². The van der Waals surface area contributed by atoms with Crippen LogP contribution in [-0.2, 0) is 27.4 Å². The van der Waals surface area contributed by atoms with Crippen LogP contribution in [0.15, 0.2) is 12.1 Å². The van der Waals surface area contributed by atoms with Crippen LogP contribution >= 0.6 is 0 Å². The maximum atomic E-state index is 13.9. The van der Waals surface area contributed by atoms with Crippen molar-refractivity contribution in [1.82, 2.24) is 20.0 Å². The molecule has 8 nitrogen and oxygen atoms in total. The number of rotatable bonds is 4. The standard InChI is InChI=1S/C29H38N4O4/c1-3-24(35)23-13-29-14-25(29)33(23)26(36)16-32-28-21(15-30-9-5-4-6-10-37-17-29)11-20(19-7-8-19)12-22(28)27(31-32)18(2)34/h11-12,19,23,25,30H,3-10,13-17H2,1-2H3/t23-,25+,29-/m0/s1. The first-order valence-corrected chi connectivity index (χ1v) is 14.1. The number of ether oxygens (including phenoxy) is 1. The normalized spacial score (nSPS) is 28.7. The summed E-state index contributed by atoms with van der Waals surface area (Å²) in [6, 6.07) is 4.02. The first-order valence-electron chi connectivity index (χ1n) is 14.1. The summed E-state index contributed by atoms with van der Waals surface area (Å²) in [4.78, 5) is 41.3. The van der Waals surface area contributed by atoms with Gasteiger partial charge in [-0.1, -0.05) is 13.0 Å². The number of amides is 1. The molecule has 8 heteroatoms. The van der Waals surface area contributed by atoms with Crippen molar-refractivity contribution in [2.75, 3.05) is 19.8 Å². The second kappa shape index (κ2) is 9.62. The van der Waals surface area contributed by atoms with Gasteiger partial charge in [0.1, 0.15) is 12.2 Å². The van der Waals surface area contributed by atoms with Crippen LogP contribution < -0.4 is 5.32 Å². The van der Waals surface area contributed by atoms with E-state index in [-0.39, 0.29) is 35.5 Å². The van der Waals surface area contributed by atoms with Gasteiger partial charge in [0.2, 0.25) is 5.91 Å². The molecule has 6 rings (SSSR count). The monoisotopic (exact) mass is 506 g/mol. The smallest absolute Gasteiger partial charge is 0.245 e. The van der Waals surface area contributed by atoms with Crippen LogP contribution in [0.2, 0.25) is 0 Å². The van der Waals surface area contributed by atoms with Gasteiger partial charge >= 0.3 is 0 Å². The quantitative estimate of drug-likeness (QED) is 0.635. The van der Waals surface area contributed by atoms with E-state index in [4.69, 9.17) is 9.84 Å². The molecular formula is C29H38N4O4. The Morgan fingerprint density at radius 2 is 2.03 bits per heavy atom. The minimum Gasteiger partial charge on any atom is -0.381 e. The molecule has 198 valence electrons. The highest BCUT2D eigenvalue weighted by Crippen LogP contribution is 2.60. The van der Waals surface area contributed by atoms with E-state index in [0.717, 1.165) is 55.3 Å². The number of carbonyl (C=O) groups excluding carboxylic acids is 3. The summed E-state index contributed by atoms with van der Waals surface area (Å²) in [7, 11) is 0. The number of nitrogens with one attached hydrogen (secondary N) is 1. The topological polar surface area (TPSA) is 93.5 Å². The van der Waals surface area contributed by atoms with Gasteiger partial charge in [-0.2, -0.15) is 5.10 Å². The maximum absolute atomic E-state index is 13.9. The Bertz CT molecular complexity index is 1250. The summed E-state index contributed by atoms with van der Waals surface area (Å²) in [6.45, 7) is 6.35. The second-order valence-electron chi connectivity index (χ2n) is 11.6. The van der Waals surface area contributed by atoms with E-state index >= 15 is 0 Å². The Balaban J connectivity index is 1.41. The van der Waals surface area contributed by atoms with Gasteiger partial charge in [0.25, 0.3) is 0 Å². The van der Waals surface area contributed by atoms with Gasteiger partial charge in [-0.05, 0) is 74.6 Å². The molecule has 37 heavy (non-hydrogen) atoms. The first-order chi connectivity index (χ1) is 17.9. The van der Waals surface area contributed by atoms with Crippen LogP contribution in [-0.4, -0.2) is 64.0 Å². The van der Waals surface area contributed by atoms with Gasteiger partial charge < -0.3 is 15.0 Å². The van der Waals surface area contributed by atoms with Crippen molar-refractivity contribution in [1.29, 1.82) is 0 Å². The lowest BCUT2D eigenvalue weighted by atomic mass is 9.97. The van der Waals surface area contributed by atoms with Crippen LogP contribution in [0.3, 0.4) is 0 Å². The van der Waals surface area contributed by atoms with Crippen LogP contribution in [0.5, 0.6) is 0 Å². The third-order valence-electron chi connectivity index (χ3n) is 8.89. The van der Waals surface area contributed by atoms with Crippen molar-refractivity contribution in [3.05, 3.63) is 29.0 Å². The Morgan fingerprint density at radius 3 is 2.78 bits per heavy atom. The maximum Gasteiger partial charge on any atom is 0.245 e. The molecular weight excluding hydrogens is 468 g/mol. The minimum absolute atomic E-state index is 0.0283. The number of hydrogen-bond acceptors (Lipinski definition) is 6. The lowest BCUT2D eigenvalue weighted by Crippen LogP contribution is -2.44. The van der Waals surface area contributed by atoms with E-state index in [1.165, 1.54) is 18.4 Å². The number of aromatic nitrogens is 2. The zero-order chi connectivity index (χ0) is 25.7. The summed E-state index contributed by atoms with van der Waals surface area (Å²) in [6.07, 6.45) is 7.52. The van der Waals surface area contributed by atoms with Crippen molar-refractivity contribution in [2.45, 2.75) is 96.3 Å². The lowest BCUT2D eigenvalue weighted by Gasteiger charge is -2.26. The third kappa shape index (κ3) is 4.52. The SMILES string of the molecule is CCC(=O)[C@@H]1C[C@]23COCCCCCNCc4cc(C5CC5)cc5c(C(C)=O)nn(c45)CC(=O)N1[C@@H]2C3. The molecule has 0 unspecified atom stereocenters. The Kier molecular flexibility index (Phi) is 6.43. The lowest BCUT2D eigenvalue weighted by molar-refractivity contribution is -0.139. The number of hydrogen-bond donors (Lipinski definition) is 1. The number of Topliss-reactive ketones (excluding diaryl/α,β-unsaturated/α-hetero) is 2. The summed E-state index contributed by atoms with van der Waals surface area (Å²) < 4.78 is 7.80. The highest BCUT2D eigenvalue weighted by atomic mass is 16.5. The summed E-state index contributed by atoms with van der Waals surface area (Å²) >= 11 is 0. The predicted molar refractivity (Wildman–Crippen MR) is 139 cm³/mol. The molecule has 1 amide bonds. The molecule has 3 atom stereocenters. The first kappa shape index (κ1) is 24.7. The third-order valence-corrected chi connectivity index (χ3v) is 8.89. The van der Waals surface area contributed by atoms with Gasteiger partial charge in [-0.25, -0.2) is 0 Å². The van der Waals surface area contributed by atoms with Gasteiger partial charge in [0, 0.05) is 43.3 Å². The number of ketones is 2. The molecule has 3 fully saturated rings. The Morgan fingerprint density at radius 1 is 1.19 bits per heavy atom. The summed E-state index contributed by atoms with van der Waals surface area (Å²) in [5.41, 5.74) is 3.54. The van der Waals surface area contributed by atoms with Gasteiger partial charge in [-0.3, -0.25) is 19.1 Å². The number of piperidine rings is 1. The zero-order valence-electron chi connectivity index (χ0n) is 22.1. The second-order valence-corrected chi connectivity index (χ2v) is 11.6. The van der Waals surface area contributed by atoms with Crippen molar-refractivity contribution in [2.24, 2.45) is 5.41 Å². The molecule has 0 radical (unpaired) electrons. The molecule has 1 N–H and O–H groups in total. The van der Waals surface area contributed by atoms with Crippen LogP contribution in [0.4, 0.5) is 0 Å². The van der Waals surface area contributed by atoms with E-state index < -0.39 is 6.04 Å². The molecule has 0 spiro atoms. The molecule has 2 aromatic rings. The number of carbonyl (C=O) groups is 3. The zero-order valence-corrected chi connectivity index (χ0v) is 22.1. The number of benzene rings is 1. The molecule has 4 aliphatic rings. The highest BCUT2D eigenvalue weighted by Gasteiger charge is 2.66. The average molecular weight is 507 g/mol. The van der Waals surface area contributed by atoms with E-state index in [1.54, 1.807) is 11.6 Å². The predicted octanol–water partition coefficient (Wildman–Crippen LogP) is 3.75. The minimum atomic E-state index is -0.393. The van der Waals surface area contributed by atoms with Crippen molar-refractivity contribution >= 4 is 28.4 Å². The van der Waals surface area contributed by atoms with E-state index in [0.29, 0.717) is 37.6 Å². The van der Waals surface area contributed by atoms with E-state index in [2.05, 4.69) is 17.4 Å². The average Bonchev–Trinajstić information content (AvgIpc) is 3.79. The summed E-state index contributed by atoms with van der Waals surface area (Å²) in [5.74, 6) is 0.472. The van der Waals surface area contributed by atoms with Gasteiger partial charge in [0.05, 0.1) is 18.2 Å². The van der Waals surface area contributed by atoms with Crippen molar-refractivity contribution < 1.29 is 19.1 Å². The molecule has 2 aliphatic carbocycles. The largest absolute Gasteiger partial charge is 0.381 e. The Hall–Kier alpha value is -2.58. The molecule has 2 saturated carbocycles. The fourth-order valence-electron chi connectivity index (χ4n) is 6.64. The summed E-state index contributed by atoms with van der Waals surface area (Å²) in [5, 5.41) is 9.12. The van der Waals surface area contributed by atoms with E-state index in [9.17, 15) is 14.4 Å². The fraction of sp³-hybridized carbons (Fsp3) is 0.655. The molecule has 1 saturated heterocycles. The fourth-order valence-corrected chi connectivity index (χ4v) is 6.64.